The fourth-order valence-electron chi connectivity index (χ4n) is 0.951. The summed E-state index contributed by atoms with van der Waals surface area (Å²) >= 11 is 5.62. The molecular weight excluding hydrogens is 197 g/mol. The van der Waals surface area contributed by atoms with E-state index in [9.17, 15) is 4.39 Å². The Labute approximate surface area is 80.0 Å². The SMILES string of the molecule is COc1ccc(CNO)c(F)c1Cl. The van der Waals surface area contributed by atoms with Crippen molar-refractivity contribution >= 4 is 11.6 Å². The van der Waals surface area contributed by atoms with Gasteiger partial charge in [-0.3, -0.25) is 0 Å². The highest BCUT2D eigenvalue weighted by Gasteiger charge is 2.11. The van der Waals surface area contributed by atoms with Gasteiger partial charge in [-0.2, -0.15) is 0 Å². The van der Waals surface area contributed by atoms with Gasteiger partial charge < -0.3 is 9.94 Å². The fraction of sp³-hybridized carbons (Fsp3) is 0.250. The number of hydrogen-bond donors (Lipinski definition) is 2. The first-order valence-electron chi connectivity index (χ1n) is 3.58. The average Bonchev–Trinajstić information content (AvgIpc) is 2.14. The van der Waals surface area contributed by atoms with Gasteiger partial charge in [0.2, 0.25) is 0 Å². The van der Waals surface area contributed by atoms with Crippen LogP contribution in [0.25, 0.3) is 0 Å². The number of hydroxylamine groups is 1. The molecule has 1 aromatic rings. The van der Waals surface area contributed by atoms with Gasteiger partial charge in [-0.15, -0.1) is 0 Å². The maximum absolute atomic E-state index is 13.3. The Morgan fingerprint density at radius 1 is 1.62 bits per heavy atom. The lowest BCUT2D eigenvalue weighted by atomic mass is 10.2. The average molecular weight is 206 g/mol. The molecule has 72 valence electrons. The van der Waals surface area contributed by atoms with Gasteiger partial charge in [-0.05, 0) is 6.07 Å². The zero-order valence-electron chi connectivity index (χ0n) is 6.97. The molecule has 0 aliphatic rings. The highest BCUT2D eigenvalue weighted by Crippen LogP contribution is 2.28. The van der Waals surface area contributed by atoms with Crippen molar-refractivity contribution in [2.45, 2.75) is 6.54 Å². The summed E-state index contributed by atoms with van der Waals surface area (Å²) in [7, 11) is 1.41. The summed E-state index contributed by atoms with van der Waals surface area (Å²) in [6.45, 7) is 0.00947. The Kier molecular flexibility index (Phi) is 3.48. The summed E-state index contributed by atoms with van der Waals surface area (Å²) in [5.74, 6) is -0.302. The van der Waals surface area contributed by atoms with E-state index in [2.05, 4.69) is 0 Å². The standard InChI is InChI=1S/C8H9ClFNO2/c1-13-6-3-2-5(4-11-12)8(10)7(6)9/h2-3,11-12H,4H2,1H3. The Bertz CT molecular complexity index is 306. The Balaban J connectivity index is 3.07. The van der Waals surface area contributed by atoms with Gasteiger partial charge in [0.1, 0.15) is 16.6 Å². The molecule has 0 amide bonds. The van der Waals surface area contributed by atoms with Crippen molar-refractivity contribution in [1.82, 2.24) is 5.48 Å². The van der Waals surface area contributed by atoms with E-state index < -0.39 is 5.82 Å². The van der Waals surface area contributed by atoms with Crippen molar-refractivity contribution in [3.8, 4) is 5.75 Å². The van der Waals surface area contributed by atoms with Crippen molar-refractivity contribution in [2.75, 3.05) is 7.11 Å². The molecule has 0 atom stereocenters. The Hall–Kier alpha value is -0.840. The van der Waals surface area contributed by atoms with Crippen LogP contribution in [0.4, 0.5) is 4.39 Å². The molecule has 0 unspecified atom stereocenters. The van der Waals surface area contributed by atoms with Gasteiger partial charge in [-0.25, -0.2) is 9.87 Å². The van der Waals surface area contributed by atoms with Crippen LogP contribution in [0, 0.1) is 5.82 Å². The van der Waals surface area contributed by atoms with E-state index in [0.29, 0.717) is 0 Å². The van der Waals surface area contributed by atoms with Crippen LogP contribution >= 0.6 is 11.6 Å². The van der Waals surface area contributed by atoms with Crippen LogP contribution in [0.2, 0.25) is 5.02 Å². The second kappa shape index (κ2) is 4.41. The lowest BCUT2D eigenvalue weighted by Crippen LogP contribution is -2.08. The molecule has 0 saturated carbocycles. The van der Waals surface area contributed by atoms with E-state index in [4.69, 9.17) is 21.5 Å². The second-order valence-electron chi connectivity index (χ2n) is 2.39. The van der Waals surface area contributed by atoms with Gasteiger partial charge in [0, 0.05) is 12.1 Å². The topological polar surface area (TPSA) is 41.5 Å². The molecule has 0 aliphatic carbocycles. The van der Waals surface area contributed by atoms with Crippen molar-refractivity contribution in [2.24, 2.45) is 0 Å². The van der Waals surface area contributed by atoms with Crippen LogP contribution in [0.3, 0.4) is 0 Å². The van der Waals surface area contributed by atoms with Gasteiger partial charge in [-0.1, -0.05) is 17.7 Å². The van der Waals surface area contributed by atoms with Gasteiger partial charge >= 0.3 is 0 Å². The minimum Gasteiger partial charge on any atom is -0.495 e. The third-order valence-electron chi connectivity index (χ3n) is 1.62. The molecule has 0 radical (unpaired) electrons. The molecule has 0 saturated heterocycles. The minimum absolute atomic E-state index is 0.00947. The highest BCUT2D eigenvalue weighted by molar-refractivity contribution is 6.32. The number of methoxy groups -OCH3 is 1. The van der Waals surface area contributed by atoms with E-state index in [-0.39, 0.29) is 22.9 Å². The second-order valence-corrected chi connectivity index (χ2v) is 2.77. The Morgan fingerprint density at radius 2 is 2.31 bits per heavy atom. The van der Waals surface area contributed by atoms with Gasteiger partial charge in [0.15, 0.2) is 0 Å². The zero-order valence-corrected chi connectivity index (χ0v) is 7.73. The molecule has 1 aromatic carbocycles. The number of hydrogen-bond acceptors (Lipinski definition) is 3. The maximum atomic E-state index is 13.3. The highest BCUT2D eigenvalue weighted by atomic mass is 35.5. The van der Waals surface area contributed by atoms with E-state index in [1.807, 2.05) is 5.48 Å². The fourth-order valence-corrected chi connectivity index (χ4v) is 1.21. The lowest BCUT2D eigenvalue weighted by molar-refractivity contribution is 0.160. The molecule has 0 fully saturated rings. The predicted molar refractivity (Wildman–Crippen MR) is 46.6 cm³/mol. The molecule has 13 heavy (non-hydrogen) atoms. The molecule has 0 aliphatic heterocycles. The molecule has 2 N–H and O–H groups in total. The van der Waals surface area contributed by atoms with Crippen LogP contribution in [-0.2, 0) is 6.54 Å². The molecule has 0 spiro atoms. The van der Waals surface area contributed by atoms with Gasteiger partial charge in [0.25, 0.3) is 0 Å². The summed E-state index contributed by atoms with van der Waals surface area (Å²) in [4.78, 5) is 0. The van der Waals surface area contributed by atoms with Crippen LogP contribution in [0.1, 0.15) is 5.56 Å². The number of nitrogens with one attached hydrogen (secondary N) is 1. The third kappa shape index (κ3) is 2.09. The summed E-state index contributed by atoms with van der Waals surface area (Å²) in [6.07, 6.45) is 0. The zero-order chi connectivity index (χ0) is 9.84. The lowest BCUT2D eigenvalue weighted by Gasteiger charge is -2.07. The summed E-state index contributed by atoms with van der Waals surface area (Å²) < 4.78 is 18.1. The van der Waals surface area contributed by atoms with Crippen molar-refractivity contribution in [3.05, 3.63) is 28.5 Å². The summed E-state index contributed by atoms with van der Waals surface area (Å²) in [5.41, 5.74) is 2.14. The maximum Gasteiger partial charge on any atom is 0.150 e. The van der Waals surface area contributed by atoms with Gasteiger partial charge in [0.05, 0.1) is 7.11 Å². The van der Waals surface area contributed by atoms with E-state index in [1.165, 1.54) is 19.2 Å². The van der Waals surface area contributed by atoms with Crippen LogP contribution < -0.4 is 10.2 Å². The van der Waals surface area contributed by atoms with Crippen LogP contribution in [0.5, 0.6) is 5.75 Å². The van der Waals surface area contributed by atoms with Crippen LogP contribution in [-0.4, -0.2) is 12.3 Å². The van der Waals surface area contributed by atoms with E-state index in [0.717, 1.165) is 0 Å². The summed E-state index contributed by atoms with van der Waals surface area (Å²) in [6, 6.07) is 3.03. The Morgan fingerprint density at radius 3 is 2.85 bits per heavy atom. The molecular formula is C8H9ClFNO2. The third-order valence-corrected chi connectivity index (χ3v) is 1.97. The molecule has 0 heterocycles. The molecule has 5 heteroatoms. The minimum atomic E-state index is -0.581. The first-order valence-corrected chi connectivity index (χ1v) is 3.96. The number of benzene rings is 1. The first kappa shape index (κ1) is 10.2. The predicted octanol–water partition coefficient (Wildman–Crippen LogP) is 1.97. The number of ether oxygens (including phenoxy) is 1. The molecule has 0 bridgehead atoms. The molecule has 3 nitrogen and oxygen atoms in total. The van der Waals surface area contributed by atoms with Crippen molar-refractivity contribution in [3.63, 3.8) is 0 Å². The normalized spacial score (nSPS) is 10.2. The quantitative estimate of drug-likeness (QED) is 0.742. The van der Waals surface area contributed by atoms with Crippen molar-refractivity contribution in [1.29, 1.82) is 0 Å². The monoisotopic (exact) mass is 205 g/mol. The number of halogens is 2. The van der Waals surface area contributed by atoms with E-state index >= 15 is 0 Å². The largest absolute Gasteiger partial charge is 0.495 e. The first-order chi connectivity index (χ1) is 6.20. The molecule has 0 aromatic heterocycles. The van der Waals surface area contributed by atoms with Crippen LogP contribution in [0.15, 0.2) is 12.1 Å². The molecule has 1 rings (SSSR count). The number of rotatable bonds is 3. The van der Waals surface area contributed by atoms with E-state index in [1.54, 1.807) is 0 Å². The summed E-state index contributed by atoms with van der Waals surface area (Å²) in [5, 5.41) is 8.30. The van der Waals surface area contributed by atoms with Crippen molar-refractivity contribution < 1.29 is 14.3 Å². The smallest absolute Gasteiger partial charge is 0.150 e.